The Balaban J connectivity index is 1.29. The summed E-state index contributed by atoms with van der Waals surface area (Å²) in [6.07, 6.45) is 2.11. The number of ketones is 2. The molecule has 2 saturated carbocycles. The van der Waals surface area contributed by atoms with Gasteiger partial charge in [-0.25, -0.2) is 13.1 Å². The van der Waals surface area contributed by atoms with E-state index in [1.54, 1.807) is 13.8 Å². The molecule has 2 aliphatic carbocycles. The second-order valence-electron chi connectivity index (χ2n) is 14.1. The molecule has 2 aromatic carbocycles. The van der Waals surface area contributed by atoms with E-state index < -0.39 is 69.2 Å². The van der Waals surface area contributed by atoms with E-state index in [0.29, 0.717) is 25.8 Å². The summed E-state index contributed by atoms with van der Waals surface area (Å²) in [6.45, 7) is 6.98. The van der Waals surface area contributed by atoms with Gasteiger partial charge >= 0.3 is 5.97 Å². The number of aliphatic carboxylic acids is 1. The number of carboxylic acids is 1. The summed E-state index contributed by atoms with van der Waals surface area (Å²) in [5.41, 5.74) is -0.364. The van der Waals surface area contributed by atoms with Crippen molar-refractivity contribution in [3.63, 3.8) is 0 Å². The Hall–Kier alpha value is -3.64. The number of rotatable bonds is 17. The lowest BCUT2D eigenvalue weighted by atomic mass is 9.70. The molecule has 47 heavy (non-hydrogen) atoms. The van der Waals surface area contributed by atoms with Gasteiger partial charge in [-0.05, 0) is 59.3 Å². The Labute approximate surface area is 276 Å². The van der Waals surface area contributed by atoms with Gasteiger partial charge in [0.15, 0.2) is 5.78 Å². The van der Waals surface area contributed by atoms with E-state index in [0.717, 1.165) is 29.2 Å². The van der Waals surface area contributed by atoms with Crippen molar-refractivity contribution in [1.29, 1.82) is 0 Å². The van der Waals surface area contributed by atoms with Gasteiger partial charge in [0, 0.05) is 30.7 Å². The maximum atomic E-state index is 13.3. The summed E-state index contributed by atoms with van der Waals surface area (Å²) in [5.74, 6) is -4.76. The zero-order chi connectivity index (χ0) is 34.6. The number of benzene rings is 2. The minimum Gasteiger partial charge on any atom is -0.481 e. The fraction of sp³-hybridized carbons (Fsp3) is 0.571. The summed E-state index contributed by atoms with van der Waals surface area (Å²) in [5, 5.41) is 17.0. The van der Waals surface area contributed by atoms with Crippen molar-refractivity contribution in [1.82, 2.24) is 15.4 Å². The minimum absolute atomic E-state index is 0.0832. The van der Waals surface area contributed by atoms with Crippen LogP contribution >= 0.6 is 0 Å². The van der Waals surface area contributed by atoms with Crippen molar-refractivity contribution in [2.45, 2.75) is 78.7 Å². The van der Waals surface area contributed by atoms with Gasteiger partial charge in [0.05, 0.1) is 24.8 Å². The maximum absolute atomic E-state index is 13.3. The van der Waals surface area contributed by atoms with Crippen molar-refractivity contribution in [2.75, 3.05) is 18.8 Å². The van der Waals surface area contributed by atoms with Crippen LogP contribution in [0.5, 0.6) is 0 Å². The van der Waals surface area contributed by atoms with E-state index in [1.807, 2.05) is 32.0 Å². The van der Waals surface area contributed by atoms with Gasteiger partial charge < -0.3 is 15.7 Å². The second-order valence-corrected chi connectivity index (χ2v) is 15.9. The number of amides is 2. The highest BCUT2D eigenvalue weighted by atomic mass is 32.2. The molecule has 0 heterocycles. The molecule has 0 spiro atoms. The van der Waals surface area contributed by atoms with Crippen LogP contribution in [0.4, 0.5) is 0 Å². The van der Waals surface area contributed by atoms with Crippen molar-refractivity contribution in [3.8, 4) is 0 Å². The third kappa shape index (κ3) is 8.45. The Morgan fingerprint density at radius 3 is 2.34 bits per heavy atom. The first-order valence-electron chi connectivity index (χ1n) is 16.3. The number of Topliss-reactive ketones (excluding diaryl/α,β-unsaturated/α-hetero) is 2. The molecule has 4 atom stereocenters. The van der Waals surface area contributed by atoms with Crippen molar-refractivity contribution >= 4 is 50.1 Å². The number of aryl methyl sites for hydroxylation is 1. The molecule has 2 amide bonds. The lowest BCUT2D eigenvalue weighted by Gasteiger charge is -2.36. The normalized spacial score (nSPS) is 21.5. The SMILES string of the molecule is CC(C)C(CC(=O)NCCCc1ccc2ccccc2c1)C(=O)NC(CC(=O)O)C(=O)CNS(=O)(=O)CC12CCC(CC1=O)C2(C)C. The third-order valence-corrected chi connectivity index (χ3v) is 11.9. The van der Waals surface area contributed by atoms with E-state index in [4.69, 9.17) is 0 Å². The molecule has 0 aliphatic heterocycles. The van der Waals surface area contributed by atoms with E-state index in [1.165, 1.54) is 0 Å². The van der Waals surface area contributed by atoms with Crippen molar-refractivity contribution < 1.29 is 37.5 Å². The molecule has 0 radical (unpaired) electrons. The number of sulfonamides is 1. The van der Waals surface area contributed by atoms with Crippen molar-refractivity contribution in [2.24, 2.45) is 28.6 Å². The zero-order valence-electron chi connectivity index (χ0n) is 27.6. The quantitative estimate of drug-likeness (QED) is 0.185. The first-order chi connectivity index (χ1) is 22.0. The fourth-order valence-electron chi connectivity index (χ4n) is 7.30. The lowest BCUT2D eigenvalue weighted by molar-refractivity contribution is -0.141. The number of fused-ring (bicyclic) bond motifs is 3. The first kappa shape index (κ1) is 36.2. The molecule has 256 valence electrons. The molecule has 12 heteroatoms. The molecular formula is C35H47N3O8S. The molecule has 0 saturated heterocycles. The number of carbonyl (C=O) groups is 5. The van der Waals surface area contributed by atoms with E-state index >= 15 is 0 Å². The van der Waals surface area contributed by atoms with Gasteiger partial charge in [-0.15, -0.1) is 0 Å². The van der Waals surface area contributed by atoms with Gasteiger partial charge in [0.2, 0.25) is 21.8 Å². The first-order valence-corrected chi connectivity index (χ1v) is 18.0. The summed E-state index contributed by atoms with van der Waals surface area (Å²) in [7, 11) is -4.09. The van der Waals surface area contributed by atoms with E-state index in [2.05, 4.69) is 39.6 Å². The summed E-state index contributed by atoms with van der Waals surface area (Å²) in [4.78, 5) is 63.5. The molecule has 11 nitrogen and oxygen atoms in total. The zero-order valence-corrected chi connectivity index (χ0v) is 28.5. The van der Waals surface area contributed by atoms with Gasteiger partial charge in [0.25, 0.3) is 0 Å². The number of carbonyl (C=O) groups excluding carboxylic acids is 4. The lowest BCUT2D eigenvalue weighted by Crippen LogP contribution is -2.51. The van der Waals surface area contributed by atoms with Gasteiger partial charge in [-0.1, -0.05) is 70.2 Å². The Morgan fingerprint density at radius 1 is 1.02 bits per heavy atom. The summed E-state index contributed by atoms with van der Waals surface area (Å²) < 4.78 is 28.4. The highest BCUT2D eigenvalue weighted by Crippen LogP contribution is 2.64. The Morgan fingerprint density at radius 2 is 1.72 bits per heavy atom. The molecule has 2 bridgehead atoms. The van der Waals surface area contributed by atoms with Crippen LogP contribution in [0.25, 0.3) is 10.8 Å². The Bertz CT molecular complexity index is 1640. The van der Waals surface area contributed by atoms with Gasteiger partial charge in [-0.3, -0.25) is 24.0 Å². The smallest absolute Gasteiger partial charge is 0.305 e. The van der Waals surface area contributed by atoms with Crippen LogP contribution in [-0.4, -0.2) is 67.8 Å². The molecule has 2 fully saturated rings. The number of hydrogen-bond acceptors (Lipinski definition) is 7. The van der Waals surface area contributed by atoms with Gasteiger partial charge in [-0.2, -0.15) is 0 Å². The standard InChI is InChI=1S/C35H47N3O8S/c1-22(2)27(18-31(41)36-15-7-8-23-11-12-24-9-5-6-10-25(24)16-23)33(44)38-28(19-32(42)43)29(39)20-37-47(45,46)21-35-14-13-26(17-30(35)40)34(35,3)4/h5-6,9-12,16,22,26-28,37H,7-8,13-15,17-21H2,1-4H3,(H,36,41)(H,38,44)(H,42,43). The molecule has 0 aromatic heterocycles. The molecule has 2 aliphatic rings. The molecule has 4 N–H and O–H groups in total. The van der Waals surface area contributed by atoms with E-state index in [9.17, 15) is 37.5 Å². The Kier molecular flexibility index (Phi) is 11.3. The average molecular weight is 670 g/mol. The maximum Gasteiger partial charge on any atom is 0.305 e. The van der Waals surface area contributed by atoms with Crippen LogP contribution in [0, 0.1) is 28.6 Å². The predicted molar refractivity (Wildman–Crippen MR) is 178 cm³/mol. The fourth-order valence-corrected chi connectivity index (χ4v) is 9.09. The number of nitrogens with one attached hydrogen (secondary N) is 3. The second kappa shape index (κ2) is 14.6. The molecule has 2 aromatic rings. The largest absolute Gasteiger partial charge is 0.481 e. The summed E-state index contributed by atoms with van der Waals surface area (Å²) >= 11 is 0. The van der Waals surface area contributed by atoms with Crippen LogP contribution < -0.4 is 15.4 Å². The number of carboxylic acid groups (broad SMARTS) is 1. The highest BCUT2D eigenvalue weighted by Gasteiger charge is 2.65. The molecule has 4 unspecified atom stereocenters. The summed E-state index contributed by atoms with van der Waals surface area (Å²) in [6, 6.07) is 12.8. The average Bonchev–Trinajstić information content (AvgIpc) is 3.34. The van der Waals surface area contributed by atoms with Crippen LogP contribution in [0.2, 0.25) is 0 Å². The molecule has 4 rings (SSSR count). The van der Waals surface area contributed by atoms with E-state index in [-0.39, 0.29) is 29.9 Å². The highest BCUT2D eigenvalue weighted by molar-refractivity contribution is 7.89. The topological polar surface area (TPSA) is 176 Å². The van der Waals surface area contributed by atoms with Crippen LogP contribution in [0.1, 0.15) is 71.8 Å². The number of hydrogen-bond donors (Lipinski definition) is 4. The van der Waals surface area contributed by atoms with Crippen LogP contribution in [0.15, 0.2) is 42.5 Å². The monoisotopic (exact) mass is 669 g/mol. The minimum atomic E-state index is -4.09. The van der Waals surface area contributed by atoms with Gasteiger partial charge in [0.1, 0.15) is 5.78 Å². The third-order valence-electron chi connectivity index (χ3n) is 10.5. The van der Waals surface area contributed by atoms with Crippen LogP contribution in [0.3, 0.4) is 0 Å². The molecular weight excluding hydrogens is 622 g/mol. The predicted octanol–water partition coefficient (Wildman–Crippen LogP) is 3.39. The van der Waals surface area contributed by atoms with Crippen LogP contribution in [-0.2, 0) is 40.4 Å². The van der Waals surface area contributed by atoms with Crippen molar-refractivity contribution in [3.05, 3.63) is 48.0 Å².